The van der Waals surface area contributed by atoms with E-state index in [1.807, 2.05) is 4.72 Å². The van der Waals surface area contributed by atoms with E-state index in [4.69, 9.17) is 5.14 Å². The topological polar surface area (TPSA) is 111 Å². The van der Waals surface area contributed by atoms with Crippen molar-refractivity contribution in [2.24, 2.45) is 11.1 Å². The minimum Gasteiger partial charge on any atom is -0.343 e. The summed E-state index contributed by atoms with van der Waals surface area (Å²) in [6.45, 7) is 2.01. The Labute approximate surface area is 185 Å². The van der Waals surface area contributed by atoms with E-state index in [0.29, 0.717) is 12.2 Å². The summed E-state index contributed by atoms with van der Waals surface area (Å²) >= 11 is 0. The third kappa shape index (κ3) is 5.03. The molecule has 0 atom stereocenters. The second-order valence-electron chi connectivity index (χ2n) is 8.06. The van der Waals surface area contributed by atoms with Crippen LogP contribution in [0.25, 0.3) is 11.3 Å². The van der Waals surface area contributed by atoms with Gasteiger partial charge in [0.15, 0.2) is 0 Å². The molecule has 0 bridgehead atoms. The standard InChI is InChI=1S/C20H26F3N3O4S2/c1-13-19(31(24,27)28)11-17(26(13)12-14-6-4-3-5-7-14)15-8-9-18(32(29,30)25-2)16(10-15)20(21,22)23/h8-11,14,25H,3-7,12H2,1-2H3,(H2,24,27,28). The fourth-order valence-electron chi connectivity index (χ4n) is 4.27. The van der Waals surface area contributed by atoms with Crippen LogP contribution in [0.15, 0.2) is 34.1 Å². The lowest BCUT2D eigenvalue weighted by Crippen LogP contribution is -2.23. The number of halogens is 3. The van der Waals surface area contributed by atoms with Crippen molar-refractivity contribution in [1.29, 1.82) is 0 Å². The van der Waals surface area contributed by atoms with Gasteiger partial charge < -0.3 is 4.57 Å². The van der Waals surface area contributed by atoms with Gasteiger partial charge in [0.1, 0.15) is 4.90 Å². The Kier molecular flexibility index (Phi) is 6.81. The highest BCUT2D eigenvalue weighted by Gasteiger charge is 2.37. The summed E-state index contributed by atoms with van der Waals surface area (Å²) in [4.78, 5) is -1.06. The van der Waals surface area contributed by atoms with Crippen molar-refractivity contribution in [1.82, 2.24) is 9.29 Å². The molecule has 0 amide bonds. The number of hydrogen-bond donors (Lipinski definition) is 2. The maximum absolute atomic E-state index is 13.7. The molecule has 1 aromatic carbocycles. The van der Waals surface area contributed by atoms with Crippen LogP contribution in [0.4, 0.5) is 13.2 Å². The Morgan fingerprint density at radius 2 is 1.69 bits per heavy atom. The van der Waals surface area contributed by atoms with Crippen molar-refractivity contribution >= 4 is 20.0 Å². The van der Waals surface area contributed by atoms with E-state index in [-0.39, 0.29) is 22.1 Å². The van der Waals surface area contributed by atoms with Crippen LogP contribution in [0, 0.1) is 12.8 Å². The van der Waals surface area contributed by atoms with Gasteiger partial charge in [0, 0.05) is 17.9 Å². The SMILES string of the molecule is CNS(=O)(=O)c1ccc(-c2cc(S(N)(=O)=O)c(C)n2CC2CCCCC2)cc1C(F)(F)F. The van der Waals surface area contributed by atoms with Gasteiger partial charge in [-0.3, -0.25) is 0 Å². The van der Waals surface area contributed by atoms with Crippen molar-refractivity contribution in [3.8, 4) is 11.3 Å². The number of alkyl halides is 3. The molecule has 178 valence electrons. The summed E-state index contributed by atoms with van der Waals surface area (Å²) in [6.07, 6.45) is 0.138. The first-order valence-corrected chi connectivity index (χ1v) is 13.2. The van der Waals surface area contributed by atoms with Crippen LogP contribution >= 0.6 is 0 Å². The third-order valence-electron chi connectivity index (χ3n) is 5.93. The molecule has 12 heteroatoms. The second kappa shape index (κ2) is 8.81. The number of nitrogens with one attached hydrogen (secondary N) is 1. The van der Waals surface area contributed by atoms with Crippen LogP contribution in [0.2, 0.25) is 0 Å². The molecule has 1 fully saturated rings. The highest BCUT2D eigenvalue weighted by atomic mass is 32.2. The van der Waals surface area contributed by atoms with Crippen LogP contribution in [0.1, 0.15) is 43.4 Å². The first-order valence-electron chi connectivity index (χ1n) is 10.1. The fourth-order valence-corrected chi connectivity index (χ4v) is 5.99. The minimum absolute atomic E-state index is 0.0567. The minimum atomic E-state index is -4.94. The van der Waals surface area contributed by atoms with Gasteiger partial charge in [-0.2, -0.15) is 13.2 Å². The predicted octanol–water partition coefficient (Wildman–Crippen LogP) is 3.62. The van der Waals surface area contributed by atoms with E-state index >= 15 is 0 Å². The maximum atomic E-state index is 13.7. The van der Waals surface area contributed by atoms with Crippen molar-refractivity contribution in [2.75, 3.05) is 7.05 Å². The lowest BCUT2D eigenvalue weighted by atomic mass is 9.89. The molecule has 0 spiro atoms. The van der Waals surface area contributed by atoms with Gasteiger partial charge in [0.05, 0.1) is 10.5 Å². The predicted molar refractivity (Wildman–Crippen MR) is 114 cm³/mol. The lowest BCUT2D eigenvalue weighted by molar-refractivity contribution is -0.139. The smallest absolute Gasteiger partial charge is 0.343 e. The molecule has 0 radical (unpaired) electrons. The molecule has 2 aromatic rings. The van der Waals surface area contributed by atoms with E-state index < -0.39 is 36.7 Å². The number of sulfonamides is 2. The van der Waals surface area contributed by atoms with Crippen LogP contribution in [-0.2, 0) is 32.8 Å². The molecular formula is C20H26F3N3O4S2. The molecule has 1 saturated carbocycles. The van der Waals surface area contributed by atoms with Crippen LogP contribution in [-0.4, -0.2) is 28.5 Å². The van der Waals surface area contributed by atoms with Gasteiger partial charge in [-0.1, -0.05) is 25.3 Å². The van der Waals surface area contributed by atoms with Gasteiger partial charge in [-0.25, -0.2) is 26.7 Å². The number of primary sulfonamides is 1. The normalized spacial score (nSPS) is 16.4. The number of hydrogen-bond acceptors (Lipinski definition) is 4. The zero-order chi connectivity index (χ0) is 23.9. The summed E-state index contributed by atoms with van der Waals surface area (Å²) in [6, 6.07) is 4.13. The Balaban J connectivity index is 2.22. The highest BCUT2D eigenvalue weighted by molar-refractivity contribution is 7.89. The molecule has 1 aromatic heterocycles. The maximum Gasteiger partial charge on any atom is 0.417 e. The summed E-state index contributed by atoms with van der Waals surface area (Å²) < 4.78 is 93.2. The number of benzene rings is 1. The second-order valence-corrected chi connectivity index (χ2v) is 11.4. The van der Waals surface area contributed by atoms with E-state index in [1.165, 1.54) is 12.1 Å². The number of aromatic nitrogens is 1. The molecule has 0 unspecified atom stereocenters. The number of nitrogens with two attached hydrogens (primary N) is 1. The zero-order valence-corrected chi connectivity index (χ0v) is 19.4. The molecule has 1 aliphatic carbocycles. The summed E-state index contributed by atoms with van der Waals surface area (Å²) in [5.41, 5.74) is -0.685. The van der Waals surface area contributed by atoms with Crippen molar-refractivity contribution in [2.45, 2.75) is 61.5 Å². The van der Waals surface area contributed by atoms with E-state index in [1.54, 1.807) is 11.5 Å². The monoisotopic (exact) mass is 493 g/mol. The molecule has 3 rings (SSSR count). The summed E-state index contributed by atoms with van der Waals surface area (Å²) in [5, 5.41) is 5.34. The average Bonchev–Trinajstić information content (AvgIpc) is 3.04. The Hall–Kier alpha value is -1.89. The molecule has 32 heavy (non-hydrogen) atoms. The molecule has 3 N–H and O–H groups in total. The molecule has 1 heterocycles. The van der Waals surface area contributed by atoms with E-state index in [2.05, 4.69) is 0 Å². The molecular weight excluding hydrogens is 467 g/mol. The van der Waals surface area contributed by atoms with E-state index in [0.717, 1.165) is 51.3 Å². The van der Waals surface area contributed by atoms with Gasteiger partial charge in [0.25, 0.3) is 0 Å². The van der Waals surface area contributed by atoms with Crippen LogP contribution in [0.3, 0.4) is 0 Å². The van der Waals surface area contributed by atoms with Crippen molar-refractivity contribution in [3.63, 3.8) is 0 Å². The van der Waals surface area contributed by atoms with Crippen LogP contribution in [0.5, 0.6) is 0 Å². The van der Waals surface area contributed by atoms with Gasteiger partial charge in [-0.05, 0) is 56.5 Å². The average molecular weight is 494 g/mol. The lowest BCUT2D eigenvalue weighted by Gasteiger charge is -2.24. The molecule has 0 saturated heterocycles. The fraction of sp³-hybridized carbons (Fsp3) is 0.500. The first-order chi connectivity index (χ1) is 14.8. The largest absolute Gasteiger partial charge is 0.417 e. The van der Waals surface area contributed by atoms with E-state index in [9.17, 15) is 30.0 Å². The Morgan fingerprint density at radius 3 is 2.22 bits per heavy atom. The van der Waals surface area contributed by atoms with Crippen LogP contribution < -0.4 is 9.86 Å². The van der Waals surface area contributed by atoms with Gasteiger partial charge in [0.2, 0.25) is 20.0 Å². The Morgan fingerprint density at radius 1 is 1.06 bits per heavy atom. The van der Waals surface area contributed by atoms with Gasteiger partial charge in [-0.15, -0.1) is 0 Å². The zero-order valence-electron chi connectivity index (χ0n) is 17.7. The first kappa shape index (κ1) is 24.7. The molecule has 1 aliphatic rings. The summed E-state index contributed by atoms with van der Waals surface area (Å²) in [7, 11) is -7.44. The quantitative estimate of drug-likeness (QED) is 0.640. The summed E-state index contributed by atoms with van der Waals surface area (Å²) in [5.74, 6) is 0.257. The van der Waals surface area contributed by atoms with Crippen molar-refractivity contribution < 1.29 is 30.0 Å². The highest BCUT2D eigenvalue weighted by Crippen LogP contribution is 2.39. The Bertz CT molecular complexity index is 1210. The van der Waals surface area contributed by atoms with Crippen molar-refractivity contribution in [3.05, 3.63) is 35.5 Å². The third-order valence-corrected chi connectivity index (χ3v) is 8.43. The number of nitrogens with zero attached hydrogens (tertiary/aromatic N) is 1. The number of rotatable bonds is 6. The van der Waals surface area contributed by atoms with Gasteiger partial charge >= 0.3 is 6.18 Å². The molecule has 0 aliphatic heterocycles. The molecule has 7 nitrogen and oxygen atoms in total.